The molecule has 0 fully saturated rings. The van der Waals surface area contributed by atoms with Crippen molar-refractivity contribution in [2.75, 3.05) is 4.72 Å². The van der Waals surface area contributed by atoms with Gasteiger partial charge in [0.25, 0.3) is 10.0 Å². The van der Waals surface area contributed by atoms with Crippen LogP contribution in [0.15, 0.2) is 58.5 Å². The molecule has 2 N–H and O–H groups in total. The maximum Gasteiger partial charge on any atom is 0.261 e. The Morgan fingerprint density at radius 3 is 2.42 bits per heavy atom. The van der Waals surface area contributed by atoms with Gasteiger partial charge >= 0.3 is 0 Å². The molecular formula is C12H10FN3O2S. The van der Waals surface area contributed by atoms with Gasteiger partial charge in [-0.15, -0.1) is 0 Å². The Balaban J connectivity index is 2.41. The Kier molecular flexibility index (Phi) is 3.57. The second kappa shape index (κ2) is 5.15. The number of benzene rings is 2. The lowest BCUT2D eigenvalue weighted by atomic mass is 10.3. The van der Waals surface area contributed by atoms with Gasteiger partial charge in [0.15, 0.2) is 0 Å². The summed E-state index contributed by atoms with van der Waals surface area (Å²) in [6.07, 6.45) is 0. The van der Waals surface area contributed by atoms with Crippen LogP contribution in [0.3, 0.4) is 0 Å². The van der Waals surface area contributed by atoms with Crippen LogP contribution in [0.5, 0.6) is 0 Å². The van der Waals surface area contributed by atoms with Gasteiger partial charge in [-0.1, -0.05) is 18.2 Å². The SMILES string of the molecule is N=Nc1ccc(F)cc1NS(=O)(=O)c1ccccc1. The number of hydrogen-bond donors (Lipinski definition) is 2. The molecule has 0 atom stereocenters. The lowest BCUT2D eigenvalue weighted by Crippen LogP contribution is -2.13. The van der Waals surface area contributed by atoms with Crippen molar-refractivity contribution < 1.29 is 12.8 Å². The third-order valence-electron chi connectivity index (χ3n) is 2.38. The van der Waals surface area contributed by atoms with E-state index >= 15 is 0 Å². The maximum atomic E-state index is 13.1. The number of hydrogen-bond acceptors (Lipinski definition) is 4. The Bertz CT molecular complexity index is 702. The molecule has 0 saturated carbocycles. The molecule has 7 heteroatoms. The summed E-state index contributed by atoms with van der Waals surface area (Å²) in [7, 11) is -3.82. The summed E-state index contributed by atoms with van der Waals surface area (Å²) < 4.78 is 39.4. The number of sulfonamides is 1. The smallest absolute Gasteiger partial charge is 0.261 e. The fourth-order valence-electron chi connectivity index (χ4n) is 1.49. The lowest BCUT2D eigenvalue weighted by molar-refractivity contribution is 0.601. The van der Waals surface area contributed by atoms with Crippen molar-refractivity contribution in [2.45, 2.75) is 4.90 Å². The highest BCUT2D eigenvalue weighted by molar-refractivity contribution is 7.92. The third-order valence-corrected chi connectivity index (χ3v) is 3.76. The first-order chi connectivity index (χ1) is 9.03. The van der Waals surface area contributed by atoms with Gasteiger partial charge in [-0.25, -0.2) is 18.3 Å². The Morgan fingerprint density at radius 2 is 1.79 bits per heavy atom. The maximum absolute atomic E-state index is 13.1. The molecular weight excluding hydrogens is 269 g/mol. The molecule has 0 radical (unpaired) electrons. The van der Waals surface area contributed by atoms with Gasteiger partial charge in [0.2, 0.25) is 0 Å². The molecule has 2 aromatic rings. The molecule has 0 bridgehead atoms. The number of halogens is 1. The minimum absolute atomic E-state index is 0.0425. The standard InChI is InChI=1S/C12H10FN3O2S/c13-9-6-7-11(15-14)12(8-9)16-19(17,18)10-4-2-1-3-5-10/h1-8,14,16H. The molecule has 0 spiro atoms. The monoisotopic (exact) mass is 279 g/mol. The van der Waals surface area contributed by atoms with E-state index < -0.39 is 15.8 Å². The molecule has 0 aliphatic carbocycles. The minimum Gasteiger partial charge on any atom is -0.277 e. The average molecular weight is 279 g/mol. The molecule has 2 aromatic carbocycles. The van der Waals surface area contributed by atoms with Gasteiger partial charge in [0, 0.05) is 6.07 Å². The van der Waals surface area contributed by atoms with Crippen LogP contribution in [0, 0.1) is 11.3 Å². The van der Waals surface area contributed by atoms with Crippen LogP contribution in [0.4, 0.5) is 15.8 Å². The number of rotatable bonds is 4. The number of nitrogens with zero attached hydrogens (tertiary/aromatic N) is 1. The van der Waals surface area contributed by atoms with Crippen LogP contribution in [0.25, 0.3) is 0 Å². The first-order valence-corrected chi connectivity index (χ1v) is 6.76. The summed E-state index contributed by atoms with van der Waals surface area (Å²) in [5.74, 6) is -0.613. The zero-order valence-electron chi connectivity index (χ0n) is 9.67. The highest BCUT2D eigenvalue weighted by Crippen LogP contribution is 2.27. The molecule has 2 rings (SSSR count). The predicted molar refractivity (Wildman–Crippen MR) is 68.5 cm³/mol. The topological polar surface area (TPSA) is 82.4 Å². The van der Waals surface area contributed by atoms with E-state index in [-0.39, 0.29) is 16.3 Å². The Hall–Kier alpha value is -2.28. The fraction of sp³-hybridized carbons (Fsp3) is 0. The van der Waals surface area contributed by atoms with Crippen molar-refractivity contribution >= 4 is 21.4 Å². The van der Waals surface area contributed by atoms with E-state index in [4.69, 9.17) is 5.53 Å². The summed E-state index contributed by atoms with van der Waals surface area (Å²) in [6.45, 7) is 0. The minimum atomic E-state index is -3.82. The highest BCUT2D eigenvalue weighted by Gasteiger charge is 2.16. The van der Waals surface area contributed by atoms with Crippen molar-refractivity contribution in [3.05, 3.63) is 54.3 Å². The van der Waals surface area contributed by atoms with Crippen LogP contribution in [-0.4, -0.2) is 8.42 Å². The van der Waals surface area contributed by atoms with Crippen LogP contribution in [0.1, 0.15) is 0 Å². The Morgan fingerprint density at radius 1 is 1.11 bits per heavy atom. The van der Waals surface area contributed by atoms with Crippen molar-refractivity contribution in [3.63, 3.8) is 0 Å². The van der Waals surface area contributed by atoms with E-state index in [1.807, 2.05) is 0 Å². The lowest BCUT2D eigenvalue weighted by Gasteiger charge is -2.09. The van der Waals surface area contributed by atoms with E-state index in [9.17, 15) is 12.8 Å². The van der Waals surface area contributed by atoms with Gasteiger partial charge in [-0.3, -0.25) is 4.72 Å². The van der Waals surface area contributed by atoms with Crippen LogP contribution in [-0.2, 0) is 10.0 Å². The van der Waals surface area contributed by atoms with Gasteiger partial charge in [0.1, 0.15) is 11.5 Å². The summed E-state index contributed by atoms with van der Waals surface area (Å²) in [5, 5.41) is 3.15. The van der Waals surface area contributed by atoms with E-state index in [1.165, 1.54) is 18.2 Å². The van der Waals surface area contributed by atoms with Gasteiger partial charge in [0.05, 0.1) is 10.6 Å². The molecule has 0 heterocycles. The number of anilines is 1. The van der Waals surface area contributed by atoms with Crippen LogP contribution >= 0.6 is 0 Å². The molecule has 0 aromatic heterocycles. The predicted octanol–water partition coefficient (Wildman–Crippen LogP) is 3.29. The van der Waals surface area contributed by atoms with Crippen molar-refractivity contribution in [1.29, 1.82) is 5.53 Å². The second-order valence-corrected chi connectivity index (χ2v) is 5.37. The highest BCUT2D eigenvalue weighted by atomic mass is 32.2. The molecule has 5 nitrogen and oxygen atoms in total. The molecule has 0 amide bonds. The quantitative estimate of drug-likeness (QED) is 0.842. The van der Waals surface area contributed by atoms with Crippen LogP contribution in [0.2, 0.25) is 0 Å². The van der Waals surface area contributed by atoms with Crippen molar-refractivity contribution in [2.24, 2.45) is 5.11 Å². The van der Waals surface area contributed by atoms with Crippen LogP contribution < -0.4 is 4.72 Å². The molecule has 0 aliphatic rings. The van der Waals surface area contributed by atoms with Gasteiger partial charge in [-0.05, 0) is 24.3 Å². The molecule has 98 valence electrons. The summed E-state index contributed by atoms with van der Waals surface area (Å²) in [6, 6.07) is 11.0. The van der Waals surface area contributed by atoms with E-state index in [2.05, 4.69) is 9.84 Å². The van der Waals surface area contributed by atoms with Crippen molar-refractivity contribution in [3.8, 4) is 0 Å². The molecule has 19 heavy (non-hydrogen) atoms. The third kappa shape index (κ3) is 2.94. The molecule has 0 unspecified atom stereocenters. The first-order valence-electron chi connectivity index (χ1n) is 5.28. The largest absolute Gasteiger partial charge is 0.277 e. The summed E-state index contributed by atoms with van der Waals surface area (Å²) >= 11 is 0. The zero-order chi connectivity index (χ0) is 13.9. The van der Waals surface area contributed by atoms with Crippen molar-refractivity contribution in [1.82, 2.24) is 0 Å². The molecule has 0 saturated heterocycles. The summed E-state index contributed by atoms with van der Waals surface area (Å²) in [5.41, 5.74) is 6.91. The Labute approximate surface area is 109 Å². The van der Waals surface area contributed by atoms with E-state index in [1.54, 1.807) is 18.2 Å². The molecule has 0 aliphatic heterocycles. The second-order valence-electron chi connectivity index (χ2n) is 3.69. The number of nitrogens with one attached hydrogen (secondary N) is 2. The van der Waals surface area contributed by atoms with E-state index in [0.717, 1.165) is 12.1 Å². The van der Waals surface area contributed by atoms with Gasteiger partial charge in [-0.2, -0.15) is 5.11 Å². The first kappa shape index (κ1) is 13.2. The van der Waals surface area contributed by atoms with Gasteiger partial charge < -0.3 is 0 Å². The van der Waals surface area contributed by atoms with E-state index in [0.29, 0.717) is 0 Å². The normalized spacial score (nSPS) is 11.0. The summed E-state index contributed by atoms with van der Waals surface area (Å²) in [4.78, 5) is 0.0511. The average Bonchev–Trinajstić information content (AvgIpc) is 2.39. The fourth-order valence-corrected chi connectivity index (χ4v) is 2.58. The zero-order valence-corrected chi connectivity index (χ0v) is 10.5.